The van der Waals surface area contributed by atoms with Crippen LogP contribution in [-0.2, 0) is 11.8 Å². The number of hydrogen-bond acceptors (Lipinski definition) is 4. The van der Waals surface area contributed by atoms with Crippen molar-refractivity contribution in [3.8, 4) is 16.9 Å². The summed E-state index contributed by atoms with van der Waals surface area (Å²) < 4.78 is 7.49. The molecule has 1 aliphatic rings. The van der Waals surface area contributed by atoms with Crippen molar-refractivity contribution in [3.63, 3.8) is 0 Å². The van der Waals surface area contributed by atoms with Crippen LogP contribution in [0.5, 0.6) is 5.75 Å². The van der Waals surface area contributed by atoms with Gasteiger partial charge in [0.15, 0.2) is 0 Å². The first kappa shape index (κ1) is 16.5. The lowest BCUT2D eigenvalue weighted by atomic mass is 9.99. The molecule has 127 valence electrons. The van der Waals surface area contributed by atoms with Crippen molar-refractivity contribution in [1.29, 1.82) is 0 Å². The van der Waals surface area contributed by atoms with Crippen LogP contribution in [0.3, 0.4) is 0 Å². The minimum absolute atomic E-state index is 0.0843. The predicted octanol–water partition coefficient (Wildman–Crippen LogP) is 1.38. The number of nitrogens with zero attached hydrogens (tertiary/aromatic N) is 2. The first-order chi connectivity index (χ1) is 11.7. The average Bonchev–Trinajstić information content (AvgIpc) is 3.06. The molecule has 0 aliphatic carbocycles. The zero-order valence-corrected chi connectivity index (χ0v) is 13.9. The molecule has 0 saturated carbocycles. The van der Waals surface area contributed by atoms with E-state index in [0.717, 1.165) is 42.8 Å². The Kier molecular flexibility index (Phi) is 5.48. The van der Waals surface area contributed by atoms with Gasteiger partial charge in [-0.1, -0.05) is 0 Å². The standard InChI is InChI=1S/C18H23N4O2/c1-22-13-16(12-21-22)14-4-2-6-17(10-14)24-9-8-20-18(23)15-5-3-7-19-11-15/h4,6,10,12-13,15,19H,3,5,7-9,11H2,1H3,(H,20,23). The highest BCUT2D eigenvalue weighted by Gasteiger charge is 2.20. The second-order valence-corrected chi connectivity index (χ2v) is 6.04. The fourth-order valence-electron chi connectivity index (χ4n) is 2.83. The molecule has 0 spiro atoms. The Morgan fingerprint density at radius 2 is 2.42 bits per heavy atom. The van der Waals surface area contributed by atoms with Gasteiger partial charge in [-0.2, -0.15) is 5.10 Å². The fourth-order valence-corrected chi connectivity index (χ4v) is 2.83. The van der Waals surface area contributed by atoms with Gasteiger partial charge < -0.3 is 15.4 Å². The summed E-state index contributed by atoms with van der Waals surface area (Å²) in [6.07, 6.45) is 5.78. The van der Waals surface area contributed by atoms with Crippen molar-refractivity contribution in [2.24, 2.45) is 13.0 Å². The highest BCUT2D eigenvalue weighted by molar-refractivity contribution is 5.78. The number of rotatable bonds is 6. The number of hydrogen-bond donors (Lipinski definition) is 2. The molecule has 1 aromatic carbocycles. The third-order valence-corrected chi connectivity index (χ3v) is 4.14. The minimum atomic E-state index is 0.0843. The van der Waals surface area contributed by atoms with E-state index < -0.39 is 0 Å². The molecule has 1 aliphatic heterocycles. The molecule has 3 rings (SSSR count). The van der Waals surface area contributed by atoms with E-state index in [1.54, 1.807) is 10.7 Å². The van der Waals surface area contributed by atoms with Crippen LogP contribution in [0.1, 0.15) is 12.8 Å². The lowest BCUT2D eigenvalue weighted by molar-refractivity contribution is -0.125. The fraction of sp³-hybridized carbons (Fsp3) is 0.444. The number of aromatic nitrogens is 2. The smallest absolute Gasteiger partial charge is 0.224 e. The summed E-state index contributed by atoms with van der Waals surface area (Å²) >= 11 is 0. The molecule has 1 saturated heterocycles. The highest BCUT2D eigenvalue weighted by Crippen LogP contribution is 2.22. The van der Waals surface area contributed by atoms with Crippen molar-refractivity contribution in [1.82, 2.24) is 20.4 Å². The Bertz CT molecular complexity index is 677. The van der Waals surface area contributed by atoms with Gasteiger partial charge in [0.1, 0.15) is 12.4 Å². The molecular weight excluding hydrogens is 304 g/mol. The number of benzene rings is 1. The monoisotopic (exact) mass is 327 g/mol. The molecule has 2 heterocycles. The summed E-state index contributed by atoms with van der Waals surface area (Å²) in [5.41, 5.74) is 2.04. The Hall–Kier alpha value is -2.34. The minimum Gasteiger partial charge on any atom is -0.492 e. The number of carbonyl (C=O) groups excluding carboxylic acids is 1. The Morgan fingerprint density at radius 3 is 3.17 bits per heavy atom. The van der Waals surface area contributed by atoms with E-state index in [9.17, 15) is 4.79 Å². The molecule has 24 heavy (non-hydrogen) atoms. The zero-order valence-electron chi connectivity index (χ0n) is 13.9. The Labute approximate surface area is 142 Å². The van der Waals surface area contributed by atoms with Crippen LogP contribution in [-0.4, -0.2) is 41.9 Å². The lowest BCUT2D eigenvalue weighted by Crippen LogP contribution is -2.41. The maximum atomic E-state index is 12.0. The van der Waals surface area contributed by atoms with Crippen LogP contribution in [0.2, 0.25) is 0 Å². The van der Waals surface area contributed by atoms with Gasteiger partial charge >= 0.3 is 0 Å². The van der Waals surface area contributed by atoms with E-state index in [2.05, 4.69) is 21.8 Å². The normalized spacial score (nSPS) is 17.5. The molecule has 0 bridgehead atoms. The molecule has 1 fully saturated rings. The van der Waals surface area contributed by atoms with E-state index in [1.165, 1.54) is 0 Å². The second kappa shape index (κ2) is 7.97. The van der Waals surface area contributed by atoms with Crippen LogP contribution < -0.4 is 15.4 Å². The summed E-state index contributed by atoms with van der Waals surface area (Å²) in [7, 11) is 1.89. The molecule has 6 heteroatoms. The molecule has 2 aromatic rings. The average molecular weight is 327 g/mol. The number of amides is 1. The van der Waals surface area contributed by atoms with Gasteiger partial charge in [0, 0.05) is 25.4 Å². The van der Waals surface area contributed by atoms with E-state index in [-0.39, 0.29) is 11.8 Å². The number of piperidine rings is 1. The summed E-state index contributed by atoms with van der Waals surface area (Å²) in [4.78, 5) is 12.0. The Balaban J connectivity index is 1.46. The van der Waals surface area contributed by atoms with Gasteiger partial charge in [-0.3, -0.25) is 9.48 Å². The molecule has 1 atom stereocenters. The number of aryl methyl sites for hydroxylation is 1. The lowest BCUT2D eigenvalue weighted by Gasteiger charge is -2.21. The first-order valence-corrected chi connectivity index (χ1v) is 8.34. The molecular formula is C18H23N4O2. The van der Waals surface area contributed by atoms with Crippen LogP contribution in [0, 0.1) is 12.0 Å². The largest absolute Gasteiger partial charge is 0.492 e. The maximum absolute atomic E-state index is 12.0. The topological polar surface area (TPSA) is 68.2 Å². The van der Waals surface area contributed by atoms with Crippen molar-refractivity contribution in [3.05, 3.63) is 36.7 Å². The summed E-state index contributed by atoms with van der Waals surface area (Å²) in [6.45, 7) is 2.73. The zero-order chi connectivity index (χ0) is 16.8. The second-order valence-electron chi connectivity index (χ2n) is 6.04. The van der Waals surface area contributed by atoms with Gasteiger partial charge in [-0.25, -0.2) is 0 Å². The number of nitrogens with one attached hydrogen (secondary N) is 2. The third-order valence-electron chi connectivity index (χ3n) is 4.14. The van der Waals surface area contributed by atoms with Crippen LogP contribution in [0.15, 0.2) is 30.6 Å². The Morgan fingerprint density at radius 1 is 1.50 bits per heavy atom. The van der Waals surface area contributed by atoms with Gasteiger partial charge in [-0.15, -0.1) is 0 Å². The van der Waals surface area contributed by atoms with Crippen molar-refractivity contribution >= 4 is 5.91 Å². The van der Waals surface area contributed by atoms with E-state index in [0.29, 0.717) is 13.2 Å². The van der Waals surface area contributed by atoms with Gasteiger partial charge in [-0.05, 0) is 49.2 Å². The molecule has 1 unspecified atom stereocenters. The van der Waals surface area contributed by atoms with Gasteiger partial charge in [0.05, 0.1) is 18.7 Å². The van der Waals surface area contributed by atoms with Crippen LogP contribution in [0.4, 0.5) is 0 Å². The summed E-state index contributed by atoms with van der Waals surface area (Å²) in [5, 5.41) is 10.4. The van der Waals surface area contributed by atoms with E-state index >= 15 is 0 Å². The molecule has 1 amide bonds. The number of carbonyl (C=O) groups is 1. The molecule has 2 N–H and O–H groups in total. The highest BCUT2D eigenvalue weighted by atomic mass is 16.5. The molecule has 1 radical (unpaired) electrons. The molecule has 6 nitrogen and oxygen atoms in total. The SMILES string of the molecule is Cn1cc(-c2c[c]cc(OCCNC(=O)C3CCCNC3)c2)cn1. The summed E-state index contributed by atoms with van der Waals surface area (Å²) in [6, 6.07) is 8.74. The molecule has 1 aromatic heterocycles. The van der Waals surface area contributed by atoms with Crippen LogP contribution in [0.25, 0.3) is 11.1 Å². The van der Waals surface area contributed by atoms with Crippen LogP contribution >= 0.6 is 0 Å². The van der Waals surface area contributed by atoms with E-state index in [4.69, 9.17) is 4.74 Å². The van der Waals surface area contributed by atoms with E-state index in [1.807, 2.05) is 31.6 Å². The van der Waals surface area contributed by atoms with Gasteiger partial charge in [0.25, 0.3) is 0 Å². The quantitative estimate of drug-likeness (QED) is 0.787. The first-order valence-electron chi connectivity index (χ1n) is 8.34. The van der Waals surface area contributed by atoms with Gasteiger partial charge in [0.2, 0.25) is 5.91 Å². The van der Waals surface area contributed by atoms with Crippen molar-refractivity contribution < 1.29 is 9.53 Å². The van der Waals surface area contributed by atoms with Crippen molar-refractivity contribution in [2.45, 2.75) is 12.8 Å². The van der Waals surface area contributed by atoms with Crippen molar-refractivity contribution in [2.75, 3.05) is 26.2 Å². The summed E-state index contributed by atoms with van der Waals surface area (Å²) in [5.74, 6) is 0.937. The third kappa shape index (κ3) is 4.35. The number of ether oxygens (including phenoxy) is 1. The maximum Gasteiger partial charge on any atom is 0.224 e. The predicted molar refractivity (Wildman–Crippen MR) is 91.6 cm³/mol.